The quantitative estimate of drug-likeness (QED) is 0.509. The lowest BCUT2D eigenvalue weighted by molar-refractivity contribution is -0.139. The van der Waals surface area contributed by atoms with Crippen molar-refractivity contribution in [3.63, 3.8) is 0 Å². The highest BCUT2D eigenvalue weighted by Crippen LogP contribution is 2.31. The summed E-state index contributed by atoms with van der Waals surface area (Å²) in [6.07, 6.45) is 0. The molecular weight excluding hydrogens is 456 g/mol. The predicted molar refractivity (Wildman–Crippen MR) is 122 cm³/mol. The largest absolute Gasteiger partial charge is 0.346 e. The predicted octanol–water partition coefficient (Wildman–Crippen LogP) is 3.66. The Bertz CT molecular complexity index is 1160. The molecule has 3 rings (SSSR count). The maximum atomic E-state index is 13.2. The maximum absolute atomic E-state index is 13.2. The van der Waals surface area contributed by atoms with Crippen LogP contribution in [0.4, 0.5) is 0 Å². The van der Waals surface area contributed by atoms with Gasteiger partial charge < -0.3 is 10.6 Å². The van der Waals surface area contributed by atoms with Crippen LogP contribution < -0.4 is 10.6 Å². The van der Waals surface area contributed by atoms with Crippen LogP contribution in [0.2, 0.25) is 5.02 Å². The molecule has 0 aliphatic carbocycles. The van der Waals surface area contributed by atoms with Gasteiger partial charge in [0.05, 0.1) is 4.90 Å². The first kappa shape index (κ1) is 23.0. The van der Waals surface area contributed by atoms with Crippen LogP contribution in [0.3, 0.4) is 0 Å². The number of benzene rings is 2. The number of carbonyl (C=O) groups excluding carboxylic acids is 2. The van der Waals surface area contributed by atoms with Crippen LogP contribution in [-0.2, 0) is 26.0 Å². The van der Waals surface area contributed by atoms with Gasteiger partial charge in [-0.25, -0.2) is 8.42 Å². The minimum atomic E-state index is -3.82. The molecule has 0 radical (unpaired) electrons. The zero-order valence-electron chi connectivity index (χ0n) is 16.7. The van der Waals surface area contributed by atoms with E-state index in [9.17, 15) is 18.0 Å². The smallest absolute Gasteiger partial charge is 0.309 e. The first-order valence-electron chi connectivity index (χ1n) is 9.42. The highest BCUT2D eigenvalue weighted by molar-refractivity contribution is 7.91. The number of hydrogen-bond acceptors (Lipinski definition) is 5. The Labute approximate surface area is 190 Å². The number of amides is 2. The Balaban J connectivity index is 1.69. The Morgan fingerprint density at radius 1 is 0.968 bits per heavy atom. The number of rotatable bonds is 7. The van der Waals surface area contributed by atoms with Crippen molar-refractivity contribution in [1.29, 1.82) is 0 Å². The molecule has 9 heteroatoms. The number of carbonyl (C=O) groups is 2. The highest BCUT2D eigenvalue weighted by atomic mass is 35.5. The molecule has 162 valence electrons. The second-order valence-electron chi connectivity index (χ2n) is 6.82. The van der Waals surface area contributed by atoms with E-state index in [1.165, 1.54) is 35.6 Å². The topological polar surface area (TPSA) is 92.3 Å². The summed E-state index contributed by atoms with van der Waals surface area (Å²) in [5.41, 5.74) is 1.89. The summed E-state index contributed by atoms with van der Waals surface area (Å²) in [7, 11) is -3.82. The third-order valence-electron chi connectivity index (χ3n) is 4.73. The normalized spacial score (nSPS) is 12.2. The van der Waals surface area contributed by atoms with E-state index in [1.807, 2.05) is 31.2 Å². The third kappa shape index (κ3) is 5.72. The van der Waals surface area contributed by atoms with Crippen molar-refractivity contribution in [3.8, 4) is 0 Å². The molecule has 0 spiro atoms. The molecule has 2 N–H and O–H groups in total. The highest BCUT2D eigenvalue weighted by Gasteiger charge is 2.31. The first-order valence-corrected chi connectivity index (χ1v) is 12.2. The van der Waals surface area contributed by atoms with Crippen molar-refractivity contribution in [3.05, 3.63) is 87.1 Å². The molecular formula is C22H21ClN2O4S2. The van der Waals surface area contributed by atoms with Gasteiger partial charge in [0.15, 0.2) is 9.84 Å². The molecule has 0 unspecified atom stereocenters. The van der Waals surface area contributed by atoms with E-state index < -0.39 is 26.9 Å². The molecule has 0 aliphatic rings. The monoisotopic (exact) mass is 476 g/mol. The molecule has 0 bridgehead atoms. The molecule has 0 saturated carbocycles. The molecule has 6 nitrogen and oxygen atoms in total. The van der Waals surface area contributed by atoms with E-state index >= 15 is 0 Å². The zero-order valence-corrected chi connectivity index (χ0v) is 19.1. The fraction of sp³-hybridized carbons (Fsp3) is 0.182. The van der Waals surface area contributed by atoms with Gasteiger partial charge in [-0.3, -0.25) is 9.59 Å². The molecule has 1 heterocycles. The Morgan fingerprint density at radius 3 is 2.29 bits per heavy atom. The SMILES string of the molecule is Cc1ccccc1CNC(=O)C(=O)NC[C@@H](c1cccs1)S(=O)(=O)c1ccc(Cl)cc1. The molecule has 2 amide bonds. The van der Waals surface area contributed by atoms with Gasteiger partial charge in [-0.15, -0.1) is 11.3 Å². The Hall–Kier alpha value is -2.68. The van der Waals surface area contributed by atoms with Gasteiger partial charge in [-0.05, 0) is 53.8 Å². The summed E-state index contributed by atoms with van der Waals surface area (Å²) < 4.78 is 26.4. The molecule has 1 atom stereocenters. The van der Waals surface area contributed by atoms with Crippen molar-refractivity contribution in [2.24, 2.45) is 0 Å². The Kier molecular flexibility index (Phi) is 7.48. The van der Waals surface area contributed by atoms with Gasteiger partial charge in [0.1, 0.15) is 5.25 Å². The van der Waals surface area contributed by atoms with Gasteiger partial charge in [-0.2, -0.15) is 0 Å². The van der Waals surface area contributed by atoms with Crippen molar-refractivity contribution in [2.75, 3.05) is 6.54 Å². The lowest BCUT2D eigenvalue weighted by Gasteiger charge is -2.17. The number of hydrogen-bond donors (Lipinski definition) is 2. The van der Waals surface area contributed by atoms with Crippen LogP contribution in [0.25, 0.3) is 0 Å². The van der Waals surface area contributed by atoms with E-state index in [2.05, 4.69) is 10.6 Å². The minimum Gasteiger partial charge on any atom is -0.346 e. The van der Waals surface area contributed by atoms with Gasteiger partial charge >= 0.3 is 11.8 Å². The Morgan fingerprint density at radius 2 is 1.65 bits per heavy atom. The average Bonchev–Trinajstić information content (AvgIpc) is 3.27. The summed E-state index contributed by atoms with van der Waals surface area (Å²) in [6, 6.07) is 16.8. The van der Waals surface area contributed by atoms with Gasteiger partial charge in [-0.1, -0.05) is 41.9 Å². The molecule has 0 fully saturated rings. The van der Waals surface area contributed by atoms with E-state index in [-0.39, 0.29) is 18.0 Å². The summed E-state index contributed by atoms with van der Waals surface area (Å²) >= 11 is 7.14. The van der Waals surface area contributed by atoms with E-state index in [4.69, 9.17) is 11.6 Å². The lowest BCUT2D eigenvalue weighted by atomic mass is 10.1. The minimum absolute atomic E-state index is 0.0913. The van der Waals surface area contributed by atoms with Crippen molar-refractivity contribution in [1.82, 2.24) is 10.6 Å². The number of halogens is 1. The van der Waals surface area contributed by atoms with Crippen molar-refractivity contribution >= 4 is 44.6 Å². The van der Waals surface area contributed by atoms with Crippen LogP contribution in [0, 0.1) is 6.92 Å². The standard InChI is InChI=1S/C22H21ClN2O4S2/c1-15-5-2-3-6-16(15)13-24-21(26)22(27)25-14-20(19-7-4-12-30-19)31(28,29)18-10-8-17(23)9-11-18/h2-12,20H,13-14H2,1H3,(H,24,26)(H,25,27)/t20-/m0/s1. The van der Waals surface area contributed by atoms with Gasteiger partial charge in [0.2, 0.25) is 0 Å². The third-order valence-corrected chi connectivity index (χ3v) is 8.22. The fourth-order valence-corrected chi connectivity index (χ4v) is 5.87. The second-order valence-corrected chi connectivity index (χ2v) is 10.4. The van der Waals surface area contributed by atoms with Crippen LogP contribution in [0.5, 0.6) is 0 Å². The number of aryl methyl sites for hydroxylation is 1. The number of nitrogens with one attached hydrogen (secondary N) is 2. The van der Waals surface area contributed by atoms with Crippen LogP contribution in [0.15, 0.2) is 70.9 Å². The summed E-state index contributed by atoms with van der Waals surface area (Å²) in [5.74, 6) is -1.71. The zero-order chi connectivity index (χ0) is 22.4. The van der Waals surface area contributed by atoms with Gasteiger partial charge in [0, 0.05) is 23.0 Å². The average molecular weight is 477 g/mol. The fourth-order valence-electron chi connectivity index (χ4n) is 2.96. The first-order chi connectivity index (χ1) is 14.8. The van der Waals surface area contributed by atoms with Crippen LogP contribution in [0.1, 0.15) is 21.3 Å². The van der Waals surface area contributed by atoms with E-state index in [0.29, 0.717) is 9.90 Å². The lowest BCUT2D eigenvalue weighted by Crippen LogP contribution is -2.42. The summed E-state index contributed by atoms with van der Waals surface area (Å²) in [5, 5.41) is 6.18. The molecule has 0 saturated heterocycles. The van der Waals surface area contributed by atoms with Crippen LogP contribution >= 0.6 is 22.9 Å². The van der Waals surface area contributed by atoms with E-state index in [1.54, 1.807) is 17.5 Å². The summed E-state index contributed by atoms with van der Waals surface area (Å²) in [4.78, 5) is 25.2. The van der Waals surface area contributed by atoms with Crippen LogP contribution in [-0.4, -0.2) is 26.8 Å². The molecule has 31 heavy (non-hydrogen) atoms. The van der Waals surface area contributed by atoms with E-state index in [0.717, 1.165) is 11.1 Å². The number of sulfone groups is 1. The molecule has 1 aromatic heterocycles. The molecule has 2 aromatic carbocycles. The second kappa shape index (κ2) is 10.1. The number of thiophene rings is 1. The summed E-state index contributed by atoms with van der Waals surface area (Å²) in [6.45, 7) is 1.88. The molecule has 3 aromatic rings. The molecule has 0 aliphatic heterocycles. The maximum Gasteiger partial charge on any atom is 0.309 e. The van der Waals surface area contributed by atoms with Crippen molar-refractivity contribution < 1.29 is 18.0 Å². The van der Waals surface area contributed by atoms with Gasteiger partial charge in [0.25, 0.3) is 0 Å². The van der Waals surface area contributed by atoms with Crippen molar-refractivity contribution in [2.45, 2.75) is 23.6 Å².